The lowest BCUT2D eigenvalue weighted by atomic mass is 10.1. The van der Waals surface area contributed by atoms with E-state index in [0.717, 1.165) is 28.4 Å². The fourth-order valence-corrected chi connectivity index (χ4v) is 4.33. The Hall–Kier alpha value is -3.04. The summed E-state index contributed by atoms with van der Waals surface area (Å²) >= 11 is 2.85. The van der Waals surface area contributed by atoms with Gasteiger partial charge in [-0.3, -0.25) is 9.59 Å². The van der Waals surface area contributed by atoms with Crippen LogP contribution in [-0.4, -0.2) is 36.8 Å². The molecule has 2 amide bonds. The molecule has 32 heavy (non-hydrogen) atoms. The van der Waals surface area contributed by atoms with Crippen molar-refractivity contribution in [2.45, 2.75) is 18.6 Å². The van der Waals surface area contributed by atoms with Crippen LogP contribution in [0.2, 0.25) is 0 Å². The number of carbonyl (C=O) groups is 2. The van der Waals surface area contributed by atoms with Crippen LogP contribution in [0.3, 0.4) is 0 Å². The normalized spacial score (nSPS) is 10.4. The van der Waals surface area contributed by atoms with Crippen molar-refractivity contribution in [2.24, 2.45) is 0 Å². The van der Waals surface area contributed by atoms with E-state index in [1.54, 1.807) is 38.5 Å². The maximum absolute atomic E-state index is 12.2. The first kappa shape index (κ1) is 23.6. The Labute approximate surface area is 195 Å². The first-order chi connectivity index (χ1) is 15.6. The zero-order chi connectivity index (χ0) is 22.8. The van der Waals surface area contributed by atoms with E-state index in [4.69, 9.17) is 9.47 Å². The van der Waals surface area contributed by atoms with Crippen LogP contribution in [-0.2, 0) is 21.8 Å². The van der Waals surface area contributed by atoms with Gasteiger partial charge in [0.2, 0.25) is 11.8 Å². The maximum atomic E-state index is 12.2. The van der Waals surface area contributed by atoms with Gasteiger partial charge in [0.05, 0.1) is 25.7 Å². The van der Waals surface area contributed by atoms with Gasteiger partial charge in [-0.1, -0.05) is 12.1 Å². The summed E-state index contributed by atoms with van der Waals surface area (Å²) in [5, 5.41) is 8.16. The largest absolute Gasteiger partial charge is 0.497 e. The van der Waals surface area contributed by atoms with Gasteiger partial charge in [0, 0.05) is 23.2 Å². The molecule has 3 aromatic rings. The number of carbonyl (C=O) groups excluding carboxylic acids is 2. The second-order valence-corrected chi connectivity index (χ2v) is 8.65. The van der Waals surface area contributed by atoms with Gasteiger partial charge >= 0.3 is 0 Å². The summed E-state index contributed by atoms with van der Waals surface area (Å²) in [5.41, 5.74) is 2.64. The van der Waals surface area contributed by atoms with Crippen LogP contribution in [0.1, 0.15) is 17.7 Å². The number of benzene rings is 2. The van der Waals surface area contributed by atoms with E-state index in [0.29, 0.717) is 29.5 Å². The highest BCUT2D eigenvalue weighted by molar-refractivity contribution is 7.99. The summed E-state index contributed by atoms with van der Waals surface area (Å²) in [4.78, 5) is 28.7. The second-order valence-electron chi connectivity index (χ2n) is 6.81. The topological polar surface area (TPSA) is 89.5 Å². The standard InChI is InChI=1S/C23H25N3O4S2/c1-29-19-8-3-16(4-9-19)5-12-21(27)26-23-25-18(14-32-23)13-31-15-22(28)24-17-6-10-20(30-2)11-7-17/h3-4,6-11,14H,5,12-13,15H2,1-2H3,(H,24,28)(H,25,26,27). The van der Waals surface area contributed by atoms with Gasteiger partial charge in [0.25, 0.3) is 0 Å². The van der Waals surface area contributed by atoms with Crippen LogP contribution in [0.5, 0.6) is 11.5 Å². The number of aryl methyl sites for hydroxylation is 1. The third-order valence-electron chi connectivity index (χ3n) is 4.45. The molecule has 3 rings (SSSR count). The molecule has 0 aliphatic heterocycles. The molecule has 0 saturated heterocycles. The number of thiazole rings is 1. The van der Waals surface area contributed by atoms with Crippen molar-refractivity contribution in [1.29, 1.82) is 0 Å². The number of thioether (sulfide) groups is 1. The fourth-order valence-electron chi connectivity index (χ4n) is 2.78. The fraction of sp³-hybridized carbons (Fsp3) is 0.261. The molecule has 0 unspecified atom stereocenters. The van der Waals surface area contributed by atoms with Crippen molar-refractivity contribution in [1.82, 2.24) is 4.98 Å². The lowest BCUT2D eigenvalue weighted by Crippen LogP contribution is -2.14. The Kier molecular flexibility index (Phi) is 8.94. The smallest absolute Gasteiger partial charge is 0.234 e. The molecule has 9 heteroatoms. The predicted octanol–water partition coefficient (Wildman–Crippen LogP) is 4.60. The summed E-state index contributed by atoms with van der Waals surface area (Å²) in [6.45, 7) is 0. The number of hydrogen-bond acceptors (Lipinski definition) is 7. The van der Waals surface area contributed by atoms with Gasteiger partial charge in [0.15, 0.2) is 5.13 Å². The minimum Gasteiger partial charge on any atom is -0.497 e. The summed E-state index contributed by atoms with van der Waals surface area (Å²) in [6, 6.07) is 14.9. The molecule has 0 aliphatic carbocycles. The van der Waals surface area contributed by atoms with Crippen LogP contribution in [0.15, 0.2) is 53.9 Å². The number of nitrogens with zero attached hydrogens (tertiary/aromatic N) is 1. The molecule has 1 aromatic heterocycles. The van der Waals surface area contributed by atoms with Crippen LogP contribution < -0.4 is 20.1 Å². The third kappa shape index (κ3) is 7.58. The Morgan fingerprint density at radius 2 is 1.59 bits per heavy atom. The Bertz CT molecular complexity index is 1020. The van der Waals surface area contributed by atoms with Crippen LogP contribution in [0.4, 0.5) is 10.8 Å². The third-order valence-corrected chi connectivity index (χ3v) is 6.23. The first-order valence-corrected chi connectivity index (χ1v) is 12.0. The molecule has 0 saturated carbocycles. The van der Waals surface area contributed by atoms with Gasteiger partial charge in [-0.05, 0) is 48.4 Å². The van der Waals surface area contributed by atoms with Crippen molar-refractivity contribution >= 4 is 45.7 Å². The van der Waals surface area contributed by atoms with Gasteiger partial charge in [-0.15, -0.1) is 23.1 Å². The van der Waals surface area contributed by atoms with Crippen LogP contribution in [0, 0.1) is 0 Å². The van der Waals surface area contributed by atoms with Crippen molar-refractivity contribution < 1.29 is 19.1 Å². The van der Waals surface area contributed by atoms with Crippen molar-refractivity contribution in [3.63, 3.8) is 0 Å². The number of rotatable bonds is 11. The predicted molar refractivity (Wildman–Crippen MR) is 130 cm³/mol. The van der Waals surface area contributed by atoms with Gasteiger partial charge in [0.1, 0.15) is 11.5 Å². The van der Waals surface area contributed by atoms with E-state index in [1.165, 1.54) is 23.1 Å². The molecule has 2 N–H and O–H groups in total. The second kappa shape index (κ2) is 12.1. The highest BCUT2D eigenvalue weighted by atomic mass is 32.2. The SMILES string of the molecule is COc1ccc(CCC(=O)Nc2nc(CSCC(=O)Nc3ccc(OC)cc3)cs2)cc1. The Morgan fingerprint density at radius 3 is 2.25 bits per heavy atom. The zero-order valence-corrected chi connectivity index (χ0v) is 19.6. The Morgan fingerprint density at radius 1 is 0.938 bits per heavy atom. The minimum atomic E-state index is -0.0811. The molecule has 0 aliphatic rings. The first-order valence-electron chi connectivity index (χ1n) is 9.94. The lowest BCUT2D eigenvalue weighted by Gasteiger charge is -2.06. The van der Waals surface area contributed by atoms with Gasteiger partial charge < -0.3 is 20.1 Å². The highest BCUT2D eigenvalue weighted by Crippen LogP contribution is 2.21. The van der Waals surface area contributed by atoms with E-state index in [1.807, 2.05) is 29.6 Å². The average molecular weight is 472 g/mol. The molecule has 7 nitrogen and oxygen atoms in total. The number of methoxy groups -OCH3 is 2. The van der Waals surface area contributed by atoms with Crippen LogP contribution in [0.25, 0.3) is 0 Å². The van der Waals surface area contributed by atoms with Crippen molar-refractivity contribution in [3.8, 4) is 11.5 Å². The van der Waals surface area contributed by atoms with E-state index in [2.05, 4.69) is 15.6 Å². The molecular weight excluding hydrogens is 446 g/mol. The summed E-state index contributed by atoms with van der Waals surface area (Å²) in [7, 11) is 3.22. The van der Waals surface area contributed by atoms with E-state index < -0.39 is 0 Å². The van der Waals surface area contributed by atoms with Crippen molar-refractivity contribution in [3.05, 3.63) is 65.2 Å². The highest BCUT2D eigenvalue weighted by Gasteiger charge is 2.09. The number of aromatic nitrogens is 1. The summed E-state index contributed by atoms with van der Waals surface area (Å²) in [6.07, 6.45) is 1.02. The van der Waals surface area contributed by atoms with Gasteiger partial charge in [-0.2, -0.15) is 0 Å². The summed E-state index contributed by atoms with van der Waals surface area (Å²) in [5.74, 6) is 2.28. The molecule has 0 atom stereocenters. The van der Waals surface area contributed by atoms with Crippen LogP contribution >= 0.6 is 23.1 Å². The molecule has 0 bridgehead atoms. The number of nitrogens with one attached hydrogen (secondary N) is 2. The average Bonchev–Trinajstić information content (AvgIpc) is 3.25. The molecule has 0 fully saturated rings. The monoisotopic (exact) mass is 471 g/mol. The molecule has 0 spiro atoms. The molecule has 2 aromatic carbocycles. The number of ether oxygens (including phenoxy) is 2. The quantitative estimate of drug-likeness (QED) is 0.425. The number of amides is 2. The van der Waals surface area contributed by atoms with E-state index in [-0.39, 0.29) is 11.8 Å². The minimum absolute atomic E-state index is 0.0757. The van der Waals surface area contributed by atoms with E-state index >= 15 is 0 Å². The Balaban J connectivity index is 1.36. The zero-order valence-electron chi connectivity index (χ0n) is 17.9. The van der Waals surface area contributed by atoms with Gasteiger partial charge in [-0.25, -0.2) is 4.98 Å². The summed E-state index contributed by atoms with van der Waals surface area (Å²) < 4.78 is 10.2. The molecule has 1 heterocycles. The van der Waals surface area contributed by atoms with E-state index in [9.17, 15) is 9.59 Å². The van der Waals surface area contributed by atoms with Crippen molar-refractivity contribution in [2.75, 3.05) is 30.6 Å². The maximum Gasteiger partial charge on any atom is 0.234 e. The number of anilines is 2. The number of hydrogen-bond donors (Lipinski definition) is 2. The lowest BCUT2D eigenvalue weighted by molar-refractivity contribution is -0.116. The molecule has 0 radical (unpaired) electrons. The molecular formula is C23H25N3O4S2. The molecule has 168 valence electrons.